The summed E-state index contributed by atoms with van der Waals surface area (Å²) < 4.78 is 5.18. The number of anilines is 2. The van der Waals surface area contributed by atoms with Gasteiger partial charge in [-0.15, -0.1) is 0 Å². The fourth-order valence-corrected chi connectivity index (χ4v) is 3.10. The number of rotatable bonds is 2. The van der Waals surface area contributed by atoms with Crippen LogP contribution in [0.15, 0.2) is 12.1 Å². The van der Waals surface area contributed by atoms with Crippen LogP contribution in [-0.4, -0.2) is 37.1 Å². The van der Waals surface area contributed by atoms with E-state index in [1.165, 1.54) is 0 Å². The average Bonchev–Trinajstić information content (AvgIpc) is 2.47. The highest BCUT2D eigenvalue weighted by Gasteiger charge is 2.34. The van der Waals surface area contributed by atoms with Crippen molar-refractivity contribution in [1.82, 2.24) is 10.3 Å². The van der Waals surface area contributed by atoms with E-state index in [1.807, 2.05) is 12.1 Å². The highest BCUT2D eigenvalue weighted by Crippen LogP contribution is 2.30. The summed E-state index contributed by atoms with van der Waals surface area (Å²) in [5.41, 5.74) is 6.35. The molecule has 6 heteroatoms. The first kappa shape index (κ1) is 13.0. The van der Waals surface area contributed by atoms with Crippen molar-refractivity contribution in [2.45, 2.75) is 25.3 Å². The monoisotopic (exact) mass is 276 g/mol. The van der Waals surface area contributed by atoms with Crippen molar-refractivity contribution in [2.75, 3.05) is 30.8 Å². The number of carbonyl (C=O) groups excluding carboxylic acids is 1. The van der Waals surface area contributed by atoms with Gasteiger partial charge >= 0.3 is 0 Å². The number of carbonyl (C=O) groups is 1. The molecule has 20 heavy (non-hydrogen) atoms. The number of ether oxygens (including phenoxy) is 1. The molecule has 6 nitrogen and oxygen atoms in total. The maximum absolute atomic E-state index is 11.4. The second-order valence-corrected chi connectivity index (χ2v) is 5.48. The van der Waals surface area contributed by atoms with Gasteiger partial charge in [0.25, 0.3) is 0 Å². The number of fused-ring (bicyclic) bond motifs is 1. The van der Waals surface area contributed by atoms with E-state index in [-0.39, 0.29) is 5.91 Å². The number of nitrogen functional groups attached to an aromatic ring is 1. The summed E-state index contributed by atoms with van der Waals surface area (Å²) in [7, 11) is 1.57. The second kappa shape index (κ2) is 5.19. The fourth-order valence-electron chi connectivity index (χ4n) is 3.10. The number of nitrogens with zero attached hydrogens (tertiary/aromatic N) is 2. The molecule has 0 radical (unpaired) electrons. The quantitative estimate of drug-likeness (QED) is 0.834. The number of nitrogens with two attached hydrogens (primary N) is 1. The molecule has 2 atom stereocenters. The summed E-state index contributed by atoms with van der Waals surface area (Å²) in [4.78, 5) is 18.1. The van der Waals surface area contributed by atoms with E-state index in [0.717, 1.165) is 31.7 Å². The molecule has 1 aromatic heterocycles. The van der Waals surface area contributed by atoms with Gasteiger partial charge in [0.05, 0.1) is 12.8 Å². The first-order valence-corrected chi connectivity index (χ1v) is 7.02. The number of aromatic nitrogens is 1. The molecule has 2 unspecified atom stereocenters. The molecule has 3 rings (SSSR count). The lowest BCUT2D eigenvalue weighted by Crippen LogP contribution is -2.54. The van der Waals surface area contributed by atoms with E-state index < -0.39 is 0 Å². The molecule has 108 valence electrons. The van der Waals surface area contributed by atoms with E-state index in [0.29, 0.717) is 29.9 Å². The number of methoxy groups -OCH3 is 1. The molecule has 2 aliphatic heterocycles. The lowest BCUT2D eigenvalue weighted by molar-refractivity contribution is -0.124. The molecule has 0 aromatic carbocycles. The smallest absolute Gasteiger partial charge is 0.238 e. The van der Waals surface area contributed by atoms with Crippen LogP contribution >= 0.6 is 0 Å². The van der Waals surface area contributed by atoms with E-state index in [2.05, 4.69) is 15.2 Å². The standard InChI is InChI=1S/C14H20N4O2/c1-20-14-10(15)3-4-12(17-14)18-7-6-11-9(8-18)2-5-13(19)16-11/h3-4,9,11H,2,5-8,15H2,1H3,(H,16,19). The van der Waals surface area contributed by atoms with E-state index in [1.54, 1.807) is 7.11 Å². The van der Waals surface area contributed by atoms with Gasteiger partial charge in [0, 0.05) is 25.6 Å². The predicted molar refractivity (Wildman–Crippen MR) is 76.7 cm³/mol. The number of nitrogens with one attached hydrogen (secondary N) is 1. The third kappa shape index (κ3) is 2.37. The van der Waals surface area contributed by atoms with Crippen molar-refractivity contribution in [1.29, 1.82) is 0 Å². The van der Waals surface area contributed by atoms with Gasteiger partial charge in [0.1, 0.15) is 5.82 Å². The summed E-state index contributed by atoms with van der Waals surface area (Å²) in [6, 6.07) is 4.08. The second-order valence-electron chi connectivity index (χ2n) is 5.48. The summed E-state index contributed by atoms with van der Waals surface area (Å²) in [6.07, 6.45) is 2.55. The Morgan fingerprint density at radius 1 is 1.45 bits per heavy atom. The summed E-state index contributed by atoms with van der Waals surface area (Å²) >= 11 is 0. The normalized spacial score (nSPS) is 25.9. The van der Waals surface area contributed by atoms with Crippen LogP contribution in [0.25, 0.3) is 0 Å². The molecule has 1 aromatic rings. The van der Waals surface area contributed by atoms with Crippen molar-refractivity contribution < 1.29 is 9.53 Å². The fraction of sp³-hybridized carbons (Fsp3) is 0.571. The van der Waals surface area contributed by atoms with Crippen LogP contribution in [0.2, 0.25) is 0 Å². The van der Waals surface area contributed by atoms with Gasteiger partial charge in [-0.05, 0) is 30.9 Å². The van der Waals surface area contributed by atoms with Crippen LogP contribution < -0.4 is 20.7 Å². The van der Waals surface area contributed by atoms with Gasteiger partial charge in [-0.1, -0.05) is 0 Å². The lowest BCUT2D eigenvalue weighted by atomic mass is 9.85. The molecule has 0 bridgehead atoms. The summed E-state index contributed by atoms with van der Waals surface area (Å²) in [6.45, 7) is 1.81. The van der Waals surface area contributed by atoms with Crippen LogP contribution in [0.3, 0.4) is 0 Å². The van der Waals surface area contributed by atoms with Gasteiger partial charge in [0.2, 0.25) is 11.8 Å². The Balaban J connectivity index is 1.74. The Morgan fingerprint density at radius 2 is 2.30 bits per heavy atom. The Morgan fingerprint density at radius 3 is 3.10 bits per heavy atom. The predicted octanol–water partition coefficient (Wildman–Crippen LogP) is 0.777. The number of hydrogen-bond donors (Lipinski definition) is 2. The molecule has 0 spiro atoms. The van der Waals surface area contributed by atoms with Gasteiger partial charge < -0.3 is 20.7 Å². The van der Waals surface area contributed by atoms with E-state index in [4.69, 9.17) is 10.5 Å². The maximum Gasteiger partial charge on any atom is 0.238 e. The minimum absolute atomic E-state index is 0.187. The first-order valence-electron chi connectivity index (χ1n) is 7.02. The zero-order valence-corrected chi connectivity index (χ0v) is 11.6. The Hall–Kier alpha value is -1.98. The van der Waals surface area contributed by atoms with Crippen LogP contribution in [0, 0.1) is 5.92 Å². The van der Waals surface area contributed by atoms with Crippen LogP contribution in [-0.2, 0) is 4.79 Å². The minimum atomic E-state index is 0.187. The summed E-state index contributed by atoms with van der Waals surface area (Å²) in [5, 5.41) is 3.09. The molecule has 3 heterocycles. The van der Waals surface area contributed by atoms with Gasteiger partial charge in [-0.3, -0.25) is 4.79 Å². The highest BCUT2D eigenvalue weighted by molar-refractivity contribution is 5.77. The van der Waals surface area contributed by atoms with Crippen molar-refractivity contribution in [3.05, 3.63) is 12.1 Å². The third-order valence-electron chi connectivity index (χ3n) is 4.21. The Labute approximate surface area is 118 Å². The zero-order valence-electron chi connectivity index (χ0n) is 11.6. The molecule has 0 aliphatic carbocycles. The number of piperidine rings is 2. The van der Waals surface area contributed by atoms with E-state index in [9.17, 15) is 4.79 Å². The van der Waals surface area contributed by atoms with Crippen LogP contribution in [0.5, 0.6) is 5.88 Å². The number of amides is 1. The topological polar surface area (TPSA) is 80.5 Å². The molecule has 2 fully saturated rings. The number of hydrogen-bond acceptors (Lipinski definition) is 5. The van der Waals surface area contributed by atoms with Crippen molar-refractivity contribution in [3.63, 3.8) is 0 Å². The molecule has 3 N–H and O–H groups in total. The van der Waals surface area contributed by atoms with Gasteiger partial charge in [-0.25, -0.2) is 0 Å². The number of pyridine rings is 1. The van der Waals surface area contributed by atoms with Crippen molar-refractivity contribution in [3.8, 4) is 5.88 Å². The van der Waals surface area contributed by atoms with Crippen molar-refractivity contribution in [2.24, 2.45) is 5.92 Å². The molecular weight excluding hydrogens is 256 g/mol. The third-order valence-corrected chi connectivity index (χ3v) is 4.21. The van der Waals surface area contributed by atoms with Crippen molar-refractivity contribution >= 4 is 17.4 Å². The Kier molecular flexibility index (Phi) is 3.38. The van der Waals surface area contributed by atoms with E-state index >= 15 is 0 Å². The SMILES string of the molecule is COc1nc(N2CCC3NC(=O)CCC3C2)ccc1N. The van der Waals surface area contributed by atoms with Crippen LogP contribution in [0.1, 0.15) is 19.3 Å². The zero-order chi connectivity index (χ0) is 14.1. The largest absolute Gasteiger partial charge is 0.479 e. The minimum Gasteiger partial charge on any atom is -0.479 e. The molecule has 0 saturated carbocycles. The maximum atomic E-state index is 11.4. The van der Waals surface area contributed by atoms with Gasteiger partial charge in [0.15, 0.2) is 0 Å². The van der Waals surface area contributed by atoms with Crippen LogP contribution in [0.4, 0.5) is 11.5 Å². The molecule has 2 saturated heterocycles. The first-order chi connectivity index (χ1) is 9.67. The molecule has 2 aliphatic rings. The molecule has 1 amide bonds. The Bertz CT molecular complexity index is 520. The lowest BCUT2D eigenvalue weighted by Gasteiger charge is -2.41. The highest BCUT2D eigenvalue weighted by atomic mass is 16.5. The molecular formula is C14H20N4O2. The van der Waals surface area contributed by atoms with Gasteiger partial charge in [-0.2, -0.15) is 4.98 Å². The summed E-state index contributed by atoms with van der Waals surface area (Å²) in [5.74, 6) is 2.06. The average molecular weight is 276 g/mol.